The second kappa shape index (κ2) is 5.78. The summed E-state index contributed by atoms with van der Waals surface area (Å²) >= 11 is 7.73. The molecule has 0 saturated heterocycles. The molecule has 2 nitrogen and oxygen atoms in total. The number of hydrogen-bond acceptors (Lipinski definition) is 2. The molecule has 0 saturated carbocycles. The number of nitrogens with one attached hydrogen (secondary N) is 1. The number of hydrogen-bond donors (Lipinski definition) is 1. The van der Waals surface area contributed by atoms with E-state index >= 15 is 0 Å². The van der Waals surface area contributed by atoms with Crippen LogP contribution in [0.25, 0.3) is 0 Å². The highest BCUT2D eigenvalue weighted by Gasteiger charge is 2.03. The van der Waals surface area contributed by atoms with Gasteiger partial charge in [-0.15, -0.1) is 0 Å². The van der Waals surface area contributed by atoms with Crippen molar-refractivity contribution < 1.29 is 4.74 Å². The average Bonchev–Trinajstić information content (AvgIpc) is 2.16. The predicted molar refractivity (Wildman–Crippen MR) is 67.8 cm³/mol. The van der Waals surface area contributed by atoms with Crippen LogP contribution < -0.4 is 9.57 Å². The monoisotopic (exact) mass is 325 g/mol. The average molecular weight is 326 g/mol. The molecule has 0 heterocycles. The second-order valence-electron chi connectivity index (χ2n) is 3.23. The fourth-order valence-electron chi connectivity index (χ4n) is 1.02. The van der Waals surface area contributed by atoms with Crippen molar-refractivity contribution in [3.05, 3.63) is 27.3 Å². The maximum absolute atomic E-state index is 5.59. The van der Waals surface area contributed by atoms with E-state index < -0.39 is 0 Å². The molecule has 0 bridgehead atoms. The van der Waals surface area contributed by atoms with Gasteiger partial charge in [0.1, 0.15) is 12.4 Å². The molecule has 0 aromatic heterocycles. The second-order valence-corrected chi connectivity index (χ2v) is 4.69. The topological polar surface area (TPSA) is 21.3 Å². The van der Waals surface area contributed by atoms with Crippen LogP contribution in [-0.4, -0.2) is 12.6 Å². The van der Waals surface area contributed by atoms with Gasteiger partial charge in [0, 0.05) is 3.57 Å². The number of rotatable bonds is 4. The van der Waals surface area contributed by atoms with Gasteiger partial charge in [-0.25, -0.2) is 4.84 Å². The lowest BCUT2D eigenvalue weighted by Gasteiger charge is -2.12. The first-order valence-corrected chi connectivity index (χ1v) is 5.84. The summed E-state index contributed by atoms with van der Waals surface area (Å²) in [6.07, 6.45) is 0. The zero-order valence-electron chi connectivity index (χ0n) is 8.18. The van der Waals surface area contributed by atoms with E-state index in [9.17, 15) is 0 Å². The summed E-state index contributed by atoms with van der Waals surface area (Å²) in [7, 11) is 0. The van der Waals surface area contributed by atoms with Gasteiger partial charge >= 0.3 is 0 Å². The van der Waals surface area contributed by atoms with Gasteiger partial charge in [0.05, 0.1) is 6.04 Å². The third-order valence-electron chi connectivity index (χ3n) is 1.81. The van der Waals surface area contributed by atoms with E-state index in [1.54, 1.807) is 0 Å². The minimum atomic E-state index is 0.148. The Morgan fingerprint density at radius 1 is 1.57 bits per heavy atom. The third kappa shape index (κ3) is 3.63. The zero-order valence-corrected chi connectivity index (χ0v) is 11.1. The highest BCUT2D eigenvalue weighted by atomic mass is 127. The summed E-state index contributed by atoms with van der Waals surface area (Å²) in [5, 5.41) is 0. The highest BCUT2D eigenvalue weighted by molar-refractivity contribution is 14.1. The molecule has 1 aromatic rings. The first-order valence-electron chi connectivity index (χ1n) is 4.38. The molecule has 0 aliphatic heterocycles. The van der Waals surface area contributed by atoms with Crippen molar-refractivity contribution in [1.82, 2.24) is 4.84 Å². The molecule has 1 N–H and O–H groups in total. The van der Waals surface area contributed by atoms with Gasteiger partial charge < -0.3 is 4.74 Å². The molecule has 78 valence electrons. The molecule has 0 amide bonds. The molecular formula is C10H13ClINO. The van der Waals surface area contributed by atoms with Crippen molar-refractivity contribution in [3.8, 4) is 5.75 Å². The summed E-state index contributed by atoms with van der Waals surface area (Å²) in [6.45, 7) is 4.58. The van der Waals surface area contributed by atoms with Crippen LogP contribution in [0.15, 0.2) is 18.2 Å². The van der Waals surface area contributed by atoms with E-state index in [2.05, 4.69) is 33.5 Å². The van der Waals surface area contributed by atoms with E-state index in [1.165, 1.54) is 3.57 Å². The van der Waals surface area contributed by atoms with Crippen LogP contribution in [0.3, 0.4) is 0 Å². The summed E-state index contributed by atoms with van der Waals surface area (Å²) in [5.74, 6) is 0.921. The van der Waals surface area contributed by atoms with Crippen molar-refractivity contribution in [3.63, 3.8) is 0 Å². The number of benzene rings is 1. The molecule has 14 heavy (non-hydrogen) atoms. The minimum absolute atomic E-state index is 0.148. The van der Waals surface area contributed by atoms with E-state index in [4.69, 9.17) is 16.5 Å². The summed E-state index contributed by atoms with van der Waals surface area (Å²) < 4.78 is 6.81. The Morgan fingerprint density at radius 3 is 2.86 bits per heavy atom. The Morgan fingerprint density at radius 2 is 2.29 bits per heavy atom. The van der Waals surface area contributed by atoms with E-state index in [-0.39, 0.29) is 6.04 Å². The van der Waals surface area contributed by atoms with E-state index in [1.807, 2.05) is 26.0 Å². The lowest BCUT2D eigenvalue weighted by molar-refractivity contribution is 0.287. The molecule has 0 radical (unpaired) electrons. The molecule has 0 aliphatic rings. The van der Waals surface area contributed by atoms with E-state index in [0.717, 1.165) is 11.3 Å². The maximum Gasteiger partial charge on any atom is 0.122 e. The molecule has 0 fully saturated rings. The zero-order chi connectivity index (χ0) is 10.6. The molecule has 1 rings (SSSR count). The summed E-state index contributed by atoms with van der Waals surface area (Å²) in [4.78, 5) is 2.61. The number of halogens is 2. The van der Waals surface area contributed by atoms with E-state index in [0.29, 0.717) is 6.61 Å². The van der Waals surface area contributed by atoms with Crippen LogP contribution in [0.5, 0.6) is 5.75 Å². The van der Waals surface area contributed by atoms with Crippen LogP contribution in [-0.2, 0) is 0 Å². The van der Waals surface area contributed by atoms with Crippen molar-refractivity contribution in [1.29, 1.82) is 0 Å². The molecular weight excluding hydrogens is 312 g/mol. The fourth-order valence-corrected chi connectivity index (χ4v) is 1.73. The Bertz CT molecular complexity index is 306. The van der Waals surface area contributed by atoms with Crippen LogP contribution in [0.1, 0.15) is 12.5 Å². The molecule has 4 heteroatoms. The largest absolute Gasteiger partial charge is 0.492 e. The first kappa shape index (κ1) is 12.1. The number of aryl methyl sites for hydroxylation is 1. The van der Waals surface area contributed by atoms with Crippen molar-refractivity contribution >= 4 is 34.4 Å². The van der Waals surface area contributed by atoms with Crippen LogP contribution in [0.2, 0.25) is 0 Å². The first-order chi connectivity index (χ1) is 6.63. The fraction of sp³-hybridized carbons (Fsp3) is 0.400. The van der Waals surface area contributed by atoms with Crippen LogP contribution in [0.4, 0.5) is 0 Å². The third-order valence-corrected chi connectivity index (χ3v) is 2.86. The van der Waals surface area contributed by atoms with Gasteiger partial charge in [0.25, 0.3) is 0 Å². The molecule has 0 spiro atoms. The Kier molecular flexibility index (Phi) is 4.98. The van der Waals surface area contributed by atoms with Gasteiger partial charge in [-0.2, -0.15) is 0 Å². The standard InChI is InChI=1S/C10H13ClINO/c1-7-5-9(12)3-4-10(7)14-6-8(2)13-11/h3-5,8,13H,6H2,1-2H3. The normalized spacial score (nSPS) is 12.6. The summed E-state index contributed by atoms with van der Waals surface area (Å²) in [5.41, 5.74) is 1.15. The van der Waals surface area contributed by atoms with Crippen LogP contribution in [0, 0.1) is 10.5 Å². The van der Waals surface area contributed by atoms with Gasteiger partial charge in [0.15, 0.2) is 0 Å². The Hall–Kier alpha value is -0.0000000000000000555. The quantitative estimate of drug-likeness (QED) is 0.678. The lowest BCUT2D eigenvalue weighted by atomic mass is 10.2. The minimum Gasteiger partial charge on any atom is -0.492 e. The van der Waals surface area contributed by atoms with Gasteiger partial charge in [-0.1, -0.05) is 0 Å². The Balaban J connectivity index is 2.59. The highest BCUT2D eigenvalue weighted by Crippen LogP contribution is 2.20. The van der Waals surface area contributed by atoms with Gasteiger partial charge in [0.2, 0.25) is 0 Å². The van der Waals surface area contributed by atoms with Crippen molar-refractivity contribution in [2.45, 2.75) is 19.9 Å². The molecule has 1 unspecified atom stereocenters. The SMILES string of the molecule is Cc1cc(I)ccc1OCC(C)NCl. The molecule has 1 atom stereocenters. The lowest BCUT2D eigenvalue weighted by Crippen LogP contribution is -2.24. The van der Waals surface area contributed by atoms with Gasteiger partial charge in [-0.05, 0) is 72.0 Å². The van der Waals surface area contributed by atoms with Crippen LogP contribution >= 0.6 is 34.4 Å². The number of ether oxygens (including phenoxy) is 1. The van der Waals surface area contributed by atoms with Crippen molar-refractivity contribution in [2.75, 3.05) is 6.61 Å². The Labute approximate surface area is 103 Å². The molecule has 0 aliphatic carbocycles. The maximum atomic E-state index is 5.59. The summed E-state index contributed by atoms with van der Waals surface area (Å²) in [6, 6.07) is 6.25. The van der Waals surface area contributed by atoms with Gasteiger partial charge in [-0.3, -0.25) is 0 Å². The molecule has 1 aromatic carbocycles. The smallest absolute Gasteiger partial charge is 0.122 e. The predicted octanol–water partition coefficient (Wildman–Crippen LogP) is 3.11. The van der Waals surface area contributed by atoms with Crippen molar-refractivity contribution in [2.24, 2.45) is 0 Å².